The number of likely N-dealkylation sites (N-methyl/N-ethyl adjacent to an activating group) is 1. The largest absolute Gasteiger partial charge is 0.352 e. The molecule has 2 amide bonds. The first-order valence-electron chi connectivity index (χ1n) is 7.12. The van der Waals surface area contributed by atoms with Crippen LogP contribution < -0.4 is 10.6 Å². The number of hydrogen-bond acceptors (Lipinski definition) is 3. The number of hydrogen-bond donors (Lipinski definition) is 2. The van der Waals surface area contributed by atoms with E-state index in [2.05, 4.69) is 10.6 Å². The van der Waals surface area contributed by atoms with E-state index in [1.807, 2.05) is 0 Å². The molecular formula is C15H19F2N3O2. The SMILES string of the molecule is CN(CC(=O)NCc1cc(F)cc(F)c1)CC(=O)NC1CC1. The normalized spacial score (nSPS) is 14.0. The van der Waals surface area contributed by atoms with Crippen molar-refractivity contribution < 1.29 is 18.4 Å². The van der Waals surface area contributed by atoms with Crippen LogP contribution in [0, 0.1) is 11.6 Å². The summed E-state index contributed by atoms with van der Waals surface area (Å²) in [5, 5.41) is 5.40. The highest BCUT2D eigenvalue weighted by atomic mass is 19.1. The third kappa shape index (κ3) is 5.77. The fourth-order valence-corrected chi connectivity index (χ4v) is 2.02. The van der Waals surface area contributed by atoms with E-state index in [4.69, 9.17) is 0 Å². The Labute approximate surface area is 127 Å². The first kappa shape index (κ1) is 16.4. The zero-order chi connectivity index (χ0) is 16.1. The molecule has 1 saturated carbocycles. The van der Waals surface area contributed by atoms with Gasteiger partial charge in [-0.05, 0) is 37.6 Å². The lowest BCUT2D eigenvalue weighted by atomic mass is 10.2. The van der Waals surface area contributed by atoms with E-state index in [0.29, 0.717) is 5.56 Å². The second kappa shape index (κ2) is 7.31. The van der Waals surface area contributed by atoms with E-state index in [1.54, 1.807) is 11.9 Å². The smallest absolute Gasteiger partial charge is 0.234 e. The minimum atomic E-state index is -0.682. The molecule has 120 valence electrons. The third-order valence-electron chi connectivity index (χ3n) is 3.18. The monoisotopic (exact) mass is 311 g/mol. The van der Waals surface area contributed by atoms with Crippen LogP contribution in [-0.2, 0) is 16.1 Å². The number of amides is 2. The van der Waals surface area contributed by atoms with E-state index in [-0.39, 0.29) is 37.5 Å². The Balaban J connectivity index is 1.71. The van der Waals surface area contributed by atoms with Crippen molar-refractivity contribution in [3.8, 4) is 0 Å². The van der Waals surface area contributed by atoms with Gasteiger partial charge in [0.15, 0.2) is 0 Å². The summed E-state index contributed by atoms with van der Waals surface area (Å²) in [5.74, 6) is -1.78. The van der Waals surface area contributed by atoms with Gasteiger partial charge in [-0.3, -0.25) is 14.5 Å². The van der Waals surface area contributed by atoms with Gasteiger partial charge >= 0.3 is 0 Å². The standard InChI is InChI=1S/C15H19F2N3O2/c1-20(9-15(22)19-13-2-3-13)8-14(21)18-7-10-4-11(16)6-12(17)5-10/h4-6,13H,2-3,7-9H2,1H3,(H,18,21)(H,19,22). The van der Waals surface area contributed by atoms with Crippen molar-refractivity contribution in [2.75, 3.05) is 20.1 Å². The lowest BCUT2D eigenvalue weighted by Crippen LogP contribution is -2.41. The van der Waals surface area contributed by atoms with E-state index in [9.17, 15) is 18.4 Å². The number of carbonyl (C=O) groups is 2. The van der Waals surface area contributed by atoms with Crippen LogP contribution in [0.4, 0.5) is 8.78 Å². The molecule has 1 aromatic rings. The van der Waals surface area contributed by atoms with Gasteiger partial charge in [0.1, 0.15) is 11.6 Å². The Morgan fingerprint density at radius 1 is 1.14 bits per heavy atom. The molecule has 0 heterocycles. The molecule has 7 heteroatoms. The molecule has 0 spiro atoms. The zero-order valence-corrected chi connectivity index (χ0v) is 12.4. The summed E-state index contributed by atoms with van der Waals surface area (Å²) >= 11 is 0. The predicted molar refractivity (Wildman–Crippen MR) is 76.9 cm³/mol. The molecule has 1 fully saturated rings. The van der Waals surface area contributed by atoms with Crippen molar-refractivity contribution in [1.29, 1.82) is 0 Å². The van der Waals surface area contributed by atoms with Crippen LogP contribution >= 0.6 is 0 Å². The van der Waals surface area contributed by atoms with Gasteiger partial charge in [0.2, 0.25) is 11.8 Å². The summed E-state index contributed by atoms with van der Waals surface area (Å²) in [7, 11) is 1.66. The van der Waals surface area contributed by atoms with Crippen molar-refractivity contribution in [2.45, 2.75) is 25.4 Å². The summed E-state index contributed by atoms with van der Waals surface area (Å²) in [6, 6.07) is 3.39. The number of nitrogens with one attached hydrogen (secondary N) is 2. The second-order valence-corrected chi connectivity index (χ2v) is 5.57. The topological polar surface area (TPSA) is 61.4 Å². The maximum atomic E-state index is 13.0. The van der Waals surface area contributed by atoms with Crippen LogP contribution in [-0.4, -0.2) is 42.9 Å². The highest BCUT2D eigenvalue weighted by Gasteiger charge is 2.23. The first-order chi connectivity index (χ1) is 10.4. The second-order valence-electron chi connectivity index (χ2n) is 5.57. The average Bonchev–Trinajstić information content (AvgIpc) is 3.18. The summed E-state index contributed by atoms with van der Waals surface area (Å²) in [6.07, 6.45) is 2.03. The van der Waals surface area contributed by atoms with Gasteiger partial charge in [-0.15, -0.1) is 0 Å². The van der Waals surface area contributed by atoms with Crippen molar-refractivity contribution in [2.24, 2.45) is 0 Å². The fraction of sp³-hybridized carbons (Fsp3) is 0.467. The van der Waals surface area contributed by atoms with Gasteiger partial charge in [-0.2, -0.15) is 0 Å². The van der Waals surface area contributed by atoms with Crippen LogP contribution in [0.5, 0.6) is 0 Å². The van der Waals surface area contributed by atoms with E-state index in [1.165, 1.54) is 0 Å². The summed E-state index contributed by atoms with van der Waals surface area (Å²) in [4.78, 5) is 24.9. The number of nitrogens with zero attached hydrogens (tertiary/aromatic N) is 1. The molecule has 0 bridgehead atoms. The molecule has 2 N–H and O–H groups in total. The number of rotatable bonds is 7. The molecule has 5 nitrogen and oxygen atoms in total. The first-order valence-corrected chi connectivity index (χ1v) is 7.12. The van der Waals surface area contributed by atoms with Crippen molar-refractivity contribution in [3.63, 3.8) is 0 Å². The third-order valence-corrected chi connectivity index (χ3v) is 3.18. The number of benzene rings is 1. The molecule has 1 aromatic carbocycles. The van der Waals surface area contributed by atoms with Crippen LogP contribution in [0.2, 0.25) is 0 Å². The molecule has 0 saturated heterocycles. The highest BCUT2D eigenvalue weighted by molar-refractivity contribution is 5.81. The molecule has 0 radical (unpaired) electrons. The molecule has 1 aliphatic rings. The summed E-state index contributed by atoms with van der Waals surface area (Å²) in [6.45, 7) is 0.212. The lowest BCUT2D eigenvalue weighted by Gasteiger charge is -2.16. The summed E-state index contributed by atoms with van der Waals surface area (Å²) in [5.41, 5.74) is 0.347. The van der Waals surface area contributed by atoms with E-state index >= 15 is 0 Å². The zero-order valence-electron chi connectivity index (χ0n) is 12.4. The molecule has 0 aliphatic heterocycles. The van der Waals surface area contributed by atoms with Crippen LogP contribution in [0.3, 0.4) is 0 Å². The Morgan fingerprint density at radius 3 is 2.32 bits per heavy atom. The maximum absolute atomic E-state index is 13.0. The minimum Gasteiger partial charge on any atom is -0.352 e. The number of halogens is 2. The van der Waals surface area contributed by atoms with Crippen LogP contribution in [0.15, 0.2) is 18.2 Å². The van der Waals surface area contributed by atoms with Gasteiger partial charge in [-0.1, -0.05) is 0 Å². The maximum Gasteiger partial charge on any atom is 0.234 e. The Hall–Kier alpha value is -2.02. The van der Waals surface area contributed by atoms with Crippen LogP contribution in [0.1, 0.15) is 18.4 Å². The Bertz CT molecular complexity index is 541. The lowest BCUT2D eigenvalue weighted by molar-refractivity contribution is -0.124. The predicted octanol–water partition coefficient (Wildman–Crippen LogP) is 0.791. The van der Waals surface area contributed by atoms with Gasteiger partial charge in [-0.25, -0.2) is 8.78 Å². The van der Waals surface area contributed by atoms with E-state index < -0.39 is 11.6 Å². The van der Waals surface area contributed by atoms with Gasteiger partial charge in [0, 0.05) is 18.7 Å². The minimum absolute atomic E-state index is 0.0373. The molecule has 0 unspecified atom stereocenters. The van der Waals surface area contributed by atoms with Crippen LogP contribution in [0.25, 0.3) is 0 Å². The van der Waals surface area contributed by atoms with Crippen molar-refractivity contribution in [3.05, 3.63) is 35.4 Å². The Kier molecular flexibility index (Phi) is 5.43. The van der Waals surface area contributed by atoms with Gasteiger partial charge in [0.05, 0.1) is 13.1 Å². The molecular weight excluding hydrogens is 292 g/mol. The quantitative estimate of drug-likeness (QED) is 0.783. The molecule has 2 rings (SSSR count). The molecule has 22 heavy (non-hydrogen) atoms. The van der Waals surface area contributed by atoms with Gasteiger partial charge in [0.25, 0.3) is 0 Å². The van der Waals surface area contributed by atoms with Crippen molar-refractivity contribution in [1.82, 2.24) is 15.5 Å². The fourth-order valence-electron chi connectivity index (χ4n) is 2.02. The number of carbonyl (C=O) groups excluding carboxylic acids is 2. The van der Waals surface area contributed by atoms with Crippen molar-refractivity contribution >= 4 is 11.8 Å². The molecule has 1 aliphatic carbocycles. The molecule has 0 atom stereocenters. The van der Waals surface area contributed by atoms with Gasteiger partial charge < -0.3 is 10.6 Å². The molecule has 0 aromatic heterocycles. The average molecular weight is 311 g/mol. The highest BCUT2D eigenvalue weighted by Crippen LogP contribution is 2.18. The Morgan fingerprint density at radius 2 is 1.73 bits per heavy atom. The summed E-state index contributed by atoms with van der Waals surface area (Å²) < 4.78 is 26.0. The van der Waals surface area contributed by atoms with E-state index in [0.717, 1.165) is 31.0 Å².